The standard InChI is InChI=1S/C25H21FN2O4S/c1-29-19-8-9-20(23(12-19)30-2)21-14-33-25(27-18-6-4-17(26)5-7-18)28(21)13-16-3-10-22-24(11-16)32-15-31-22/h3-12,14H,13,15H2,1-2H3. The van der Waals surface area contributed by atoms with Crippen LogP contribution in [-0.4, -0.2) is 25.6 Å². The second-order valence-electron chi connectivity index (χ2n) is 7.33. The van der Waals surface area contributed by atoms with Gasteiger partial charge in [0.25, 0.3) is 0 Å². The third kappa shape index (κ3) is 4.29. The number of hydrogen-bond donors (Lipinski definition) is 0. The Balaban J connectivity index is 1.64. The molecule has 0 fully saturated rings. The van der Waals surface area contributed by atoms with Crippen LogP contribution >= 0.6 is 11.3 Å². The fourth-order valence-electron chi connectivity index (χ4n) is 3.65. The third-order valence-electron chi connectivity index (χ3n) is 5.31. The number of rotatable bonds is 6. The Kier molecular flexibility index (Phi) is 5.75. The number of ether oxygens (including phenoxy) is 4. The van der Waals surface area contributed by atoms with Crippen molar-refractivity contribution >= 4 is 17.0 Å². The van der Waals surface area contributed by atoms with E-state index >= 15 is 0 Å². The second-order valence-corrected chi connectivity index (χ2v) is 8.17. The van der Waals surface area contributed by atoms with Crippen LogP contribution in [0.4, 0.5) is 10.1 Å². The zero-order valence-corrected chi connectivity index (χ0v) is 18.9. The van der Waals surface area contributed by atoms with Gasteiger partial charge in [0.2, 0.25) is 6.79 Å². The quantitative estimate of drug-likeness (QED) is 0.384. The fourth-order valence-corrected chi connectivity index (χ4v) is 4.56. The average Bonchev–Trinajstić information content (AvgIpc) is 3.47. The highest BCUT2D eigenvalue weighted by Crippen LogP contribution is 2.35. The number of benzene rings is 3. The van der Waals surface area contributed by atoms with E-state index in [2.05, 4.69) is 4.57 Å². The third-order valence-corrected chi connectivity index (χ3v) is 6.17. The number of methoxy groups -OCH3 is 2. The van der Waals surface area contributed by atoms with E-state index in [1.54, 1.807) is 26.4 Å². The molecule has 6 nitrogen and oxygen atoms in total. The fraction of sp³-hybridized carbons (Fsp3) is 0.160. The number of hydrogen-bond acceptors (Lipinski definition) is 6. The minimum absolute atomic E-state index is 0.226. The van der Waals surface area contributed by atoms with Crippen molar-refractivity contribution in [2.45, 2.75) is 6.54 Å². The van der Waals surface area contributed by atoms with Crippen LogP contribution in [0.1, 0.15) is 5.56 Å². The molecule has 33 heavy (non-hydrogen) atoms. The molecule has 0 bridgehead atoms. The van der Waals surface area contributed by atoms with Crippen molar-refractivity contribution in [1.29, 1.82) is 0 Å². The Morgan fingerprint density at radius 3 is 2.58 bits per heavy atom. The van der Waals surface area contributed by atoms with Gasteiger partial charge in [0, 0.05) is 17.0 Å². The normalized spacial score (nSPS) is 12.8. The summed E-state index contributed by atoms with van der Waals surface area (Å²) < 4.78 is 37.5. The molecule has 0 atom stereocenters. The smallest absolute Gasteiger partial charge is 0.231 e. The molecule has 3 aromatic carbocycles. The molecular formula is C25H21FN2O4S. The number of halogens is 1. The molecule has 168 valence electrons. The summed E-state index contributed by atoms with van der Waals surface area (Å²) in [5.41, 5.74) is 3.56. The van der Waals surface area contributed by atoms with Crippen LogP contribution in [0.2, 0.25) is 0 Å². The molecule has 0 spiro atoms. The first-order valence-electron chi connectivity index (χ1n) is 10.2. The summed E-state index contributed by atoms with van der Waals surface area (Å²) in [6, 6.07) is 17.8. The minimum Gasteiger partial charge on any atom is -0.497 e. The van der Waals surface area contributed by atoms with E-state index in [1.165, 1.54) is 23.5 Å². The predicted molar refractivity (Wildman–Crippen MR) is 124 cm³/mol. The van der Waals surface area contributed by atoms with E-state index in [0.717, 1.165) is 33.1 Å². The zero-order chi connectivity index (χ0) is 22.8. The molecule has 5 rings (SSSR count). The van der Waals surface area contributed by atoms with Gasteiger partial charge in [-0.2, -0.15) is 0 Å². The number of aromatic nitrogens is 1. The summed E-state index contributed by atoms with van der Waals surface area (Å²) in [6.45, 7) is 0.772. The average molecular weight is 465 g/mol. The molecule has 0 radical (unpaired) electrons. The molecule has 0 N–H and O–H groups in total. The van der Waals surface area contributed by atoms with Gasteiger partial charge in [0.05, 0.1) is 32.1 Å². The summed E-state index contributed by atoms with van der Waals surface area (Å²) in [4.78, 5) is 5.55. The van der Waals surface area contributed by atoms with E-state index in [1.807, 2.05) is 41.8 Å². The van der Waals surface area contributed by atoms with Gasteiger partial charge in [-0.05, 0) is 54.1 Å². The van der Waals surface area contributed by atoms with Crippen molar-refractivity contribution in [2.75, 3.05) is 21.0 Å². The number of thiazole rings is 1. The van der Waals surface area contributed by atoms with Crippen LogP contribution < -0.4 is 23.7 Å². The lowest BCUT2D eigenvalue weighted by atomic mass is 10.1. The van der Waals surface area contributed by atoms with E-state index in [0.29, 0.717) is 23.7 Å². The Bertz CT molecular complexity index is 1360. The van der Waals surface area contributed by atoms with Crippen molar-refractivity contribution in [3.63, 3.8) is 0 Å². The second kappa shape index (κ2) is 8.99. The molecule has 0 saturated heterocycles. The van der Waals surface area contributed by atoms with E-state index in [4.69, 9.17) is 23.9 Å². The SMILES string of the molecule is COc1ccc(-c2csc(=Nc3ccc(F)cc3)n2Cc2ccc3c(c2)OCO3)c(OC)c1. The van der Waals surface area contributed by atoms with Crippen LogP contribution in [0.25, 0.3) is 11.3 Å². The summed E-state index contributed by atoms with van der Waals surface area (Å²) >= 11 is 1.50. The maximum Gasteiger partial charge on any atom is 0.231 e. The van der Waals surface area contributed by atoms with E-state index in [9.17, 15) is 4.39 Å². The van der Waals surface area contributed by atoms with Crippen LogP contribution in [0.15, 0.2) is 71.0 Å². The Morgan fingerprint density at radius 2 is 1.79 bits per heavy atom. The summed E-state index contributed by atoms with van der Waals surface area (Å²) in [6.07, 6.45) is 0. The molecular weight excluding hydrogens is 443 g/mol. The molecule has 1 aromatic heterocycles. The van der Waals surface area contributed by atoms with Crippen LogP contribution in [0.3, 0.4) is 0 Å². The monoisotopic (exact) mass is 464 g/mol. The number of nitrogens with zero attached hydrogens (tertiary/aromatic N) is 2. The Labute approximate surface area is 194 Å². The molecule has 8 heteroatoms. The van der Waals surface area contributed by atoms with Crippen molar-refractivity contribution in [2.24, 2.45) is 4.99 Å². The Morgan fingerprint density at radius 1 is 0.970 bits per heavy atom. The van der Waals surface area contributed by atoms with Gasteiger partial charge < -0.3 is 23.5 Å². The zero-order valence-electron chi connectivity index (χ0n) is 18.1. The van der Waals surface area contributed by atoms with Crippen LogP contribution in [0.5, 0.6) is 23.0 Å². The predicted octanol–water partition coefficient (Wildman–Crippen LogP) is 5.38. The maximum atomic E-state index is 13.4. The van der Waals surface area contributed by atoms with E-state index < -0.39 is 0 Å². The molecule has 4 aromatic rings. The highest BCUT2D eigenvalue weighted by atomic mass is 32.1. The van der Waals surface area contributed by atoms with Gasteiger partial charge in [0.15, 0.2) is 16.3 Å². The first-order chi connectivity index (χ1) is 16.1. The Hall–Kier alpha value is -3.78. The summed E-state index contributed by atoms with van der Waals surface area (Å²) in [5, 5.41) is 2.04. The minimum atomic E-state index is -0.294. The highest BCUT2D eigenvalue weighted by molar-refractivity contribution is 7.07. The molecule has 0 amide bonds. The summed E-state index contributed by atoms with van der Waals surface area (Å²) in [7, 11) is 3.26. The van der Waals surface area contributed by atoms with Crippen LogP contribution in [0, 0.1) is 5.82 Å². The molecule has 2 heterocycles. The van der Waals surface area contributed by atoms with Gasteiger partial charge in [0.1, 0.15) is 17.3 Å². The van der Waals surface area contributed by atoms with Crippen molar-refractivity contribution in [3.8, 4) is 34.3 Å². The van der Waals surface area contributed by atoms with Gasteiger partial charge in [-0.15, -0.1) is 11.3 Å². The lowest BCUT2D eigenvalue weighted by Gasteiger charge is -2.14. The van der Waals surface area contributed by atoms with Gasteiger partial charge in [-0.1, -0.05) is 6.07 Å². The van der Waals surface area contributed by atoms with Gasteiger partial charge in [-0.3, -0.25) is 0 Å². The lowest BCUT2D eigenvalue weighted by Crippen LogP contribution is -2.17. The molecule has 1 aliphatic heterocycles. The van der Waals surface area contributed by atoms with Crippen molar-refractivity contribution < 1.29 is 23.3 Å². The van der Waals surface area contributed by atoms with Crippen LogP contribution in [-0.2, 0) is 6.54 Å². The van der Waals surface area contributed by atoms with Crippen molar-refractivity contribution in [3.05, 3.63) is 82.2 Å². The van der Waals surface area contributed by atoms with E-state index in [-0.39, 0.29) is 12.6 Å². The number of fused-ring (bicyclic) bond motifs is 1. The van der Waals surface area contributed by atoms with Crippen molar-refractivity contribution in [1.82, 2.24) is 4.57 Å². The molecule has 0 unspecified atom stereocenters. The molecule has 0 saturated carbocycles. The first-order valence-corrected chi connectivity index (χ1v) is 11.1. The first kappa shape index (κ1) is 21.1. The maximum absolute atomic E-state index is 13.4. The highest BCUT2D eigenvalue weighted by Gasteiger charge is 2.17. The van der Waals surface area contributed by atoms with Gasteiger partial charge in [-0.25, -0.2) is 9.38 Å². The lowest BCUT2D eigenvalue weighted by molar-refractivity contribution is 0.174. The molecule has 1 aliphatic rings. The van der Waals surface area contributed by atoms with Gasteiger partial charge >= 0.3 is 0 Å². The largest absolute Gasteiger partial charge is 0.497 e. The molecule has 0 aliphatic carbocycles. The topological polar surface area (TPSA) is 54.2 Å². The summed E-state index contributed by atoms with van der Waals surface area (Å²) in [5.74, 6) is 2.58.